The number of rotatable bonds is 6. The molecule has 0 spiro atoms. The van der Waals surface area contributed by atoms with Crippen molar-refractivity contribution >= 4 is 0 Å². The van der Waals surface area contributed by atoms with Crippen LogP contribution < -0.4 is 5.32 Å². The molecule has 1 aliphatic rings. The van der Waals surface area contributed by atoms with E-state index in [4.69, 9.17) is 0 Å². The number of hydrogen-bond donors (Lipinski definition) is 1. The summed E-state index contributed by atoms with van der Waals surface area (Å²) in [5.41, 5.74) is 4.64. The van der Waals surface area contributed by atoms with Gasteiger partial charge in [0.25, 0.3) is 0 Å². The van der Waals surface area contributed by atoms with Crippen LogP contribution in [0.4, 0.5) is 0 Å². The van der Waals surface area contributed by atoms with E-state index >= 15 is 0 Å². The third-order valence-corrected chi connectivity index (χ3v) is 4.86. The third-order valence-electron chi connectivity index (χ3n) is 4.86. The van der Waals surface area contributed by atoms with Gasteiger partial charge in [-0.25, -0.2) is 0 Å². The number of benzene rings is 1. The Kier molecular flexibility index (Phi) is 5.65. The lowest BCUT2D eigenvalue weighted by Gasteiger charge is -2.24. The monoisotopic (exact) mass is 273 g/mol. The summed E-state index contributed by atoms with van der Waals surface area (Å²) in [5, 5.41) is 3.77. The van der Waals surface area contributed by atoms with Crippen LogP contribution in [0, 0.1) is 5.92 Å². The molecule has 0 fully saturated rings. The molecule has 0 aliphatic heterocycles. The predicted molar refractivity (Wildman–Crippen MR) is 88.2 cm³/mol. The first kappa shape index (κ1) is 15.6. The number of hydrogen-bond acceptors (Lipinski definition) is 1. The van der Waals surface area contributed by atoms with Crippen molar-refractivity contribution in [3.05, 3.63) is 34.9 Å². The zero-order valence-electron chi connectivity index (χ0n) is 13.7. The zero-order chi connectivity index (χ0) is 14.5. The summed E-state index contributed by atoms with van der Waals surface area (Å²) in [6.45, 7) is 9.25. The maximum Gasteiger partial charge on any atom is 0.0294 e. The average Bonchev–Trinajstić information content (AvgIpc) is 2.46. The van der Waals surface area contributed by atoms with Crippen LogP contribution in [0.5, 0.6) is 0 Å². The quantitative estimate of drug-likeness (QED) is 0.765. The van der Waals surface area contributed by atoms with Gasteiger partial charge in [0.15, 0.2) is 0 Å². The van der Waals surface area contributed by atoms with Crippen molar-refractivity contribution in [2.45, 2.75) is 78.3 Å². The number of nitrogens with one attached hydrogen (secondary N) is 1. The minimum absolute atomic E-state index is 0.460. The van der Waals surface area contributed by atoms with E-state index in [0.29, 0.717) is 12.1 Å². The Hall–Kier alpha value is -0.820. The Balaban J connectivity index is 1.96. The molecular weight excluding hydrogens is 242 g/mol. The topological polar surface area (TPSA) is 12.0 Å². The summed E-state index contributed by atoms with van der Waals surface area (Å²) in [4.78, 5) is 0. The highest BCUT2D eigenvalue weighted by Gasteiger charge is 2.14. The second-order valence-corrected chi connectivity index (χ2v) is 6.77. The fraction of sp³-hybridized carbons (Fsp3) is 0.684. The molecule has 112 valence electrons. The van der Waals surface area contributed by atoms with E-state index in [1.54, 1.807) is 11.1 Å². The second kappa shape index (κ2) is 7.26. The highest BCUT2D eigenvalue weighted by molar-refractivity contribution is 5.35. The minimum atomic E-state index is 0.460. The molecule has 1 aromatic carbocycles. The standard InChI is InChI=1S/C19H31N/c1-5-14(2)12-15(3)20-16(4)18-11-10-17-8-6-7-9-19(17)13-18/h10-11,13-16,20H,5-9,12H2,1-4H3. The summed E-state index contributed by atoms with van der Waals surface area (Å²) < 4.78 is 0. The first-order chi connectivity index (χ1) is 9.60. The summed E-state index contributed by atoms with van der Waals surface area (Å²) in [7, 11) is 0. The van der Waals surface area contributed by atoms with Gasteiger partial charge in [-0.1, -0.05) is 38.5 Å². The predicted octanol–water partition coefficient (Wildman–Crippen LogP) is 5.04. The van der Waals surface area contributed by atoms with Crippen LogP contribution in [-0.4, -0.2) is 6.04 Å². The fourth-order valence-electron chi connectivity index (χ4n) is 3.38. The number of fused-ring (bicyclic) bond motifs is 1. The molecule has 1 nitrogen and oxygen atoms in total. The Morgan fingerprint density at radius 2 is 1.75 bits per heavy atom. The Morgan fingerprint density at radius 3 is 2.45 bits per heavy atom. The molecule has 1 heteroatoms. The van der Waals surface area contributed by atoms with Gasteiger partial charge in [-0.2, -0.15) is 0 Å². The molecule has 0 radical (unpaired) electrons. The van der Waals surface area contributed by atoms with E-state index in [0.717, 1.165) is 5.92 Å². The normalized spacial score (nSPS) is 19.2. The van der Waals surface area contributed by atoms with Crippen molar-refractivity contribution < 1.29 is 0 Å². The van der Waals surface area contributed by atoms with Gasteiger partial charge in [-0.3, -0.25) is 0 Å². The van der Waals surface area contributed by atoms with Gasteiger partial charge in [0.05, 0.1) is 0 Å². The molecule has 1 aliphatic carbocycles. The van der Waals surface area contributed by atoms with Crippen molar-refractivity contribution in [3.8, 4) is 0 Å². The molecule has 1 aromatic rings. The minimum Gasteiger partial charge on any atom is -0.308 e. The smallest absolute Gasteiger partial charge is 0.0294 e. The van der Waals surface area contributed by atoms with Crippen LogP contribution in [0.3, 0.4) is 0 Å². The summed E-state index contributed by atoms with van der Waals surface area (Å²) >= 11 is 0. The van der Waals surface area contributed by atoms with Gasteiger partial charge >= 0.3 is 0 Å². The van der Waals surface area contributed by atoms with Crippen molar-refractivity contribution in [1.82, 2.24) is 5.32 Å². The second-order valence-electron chi connectivity index (χ2n) is 6.77. The molecule has 0 saturated heterocycles. The first-order valence-corrected chi connectivity index (χ1v) is 8.48. The lowest BCUT2D eigenvalue weighted by atomic mass is 9.89. The first-order valence-electron chi connectivity index (χ1n) is 8.48. The zero-order valence-corrected chi connectivity index (χ0v) is 13.7. The lowest BCUT2D eigenvalue weighted by Crippen LogP contribution is -2.30. The maximum absolute atomic E-state index is 3.77. The van der Waals surface area contributed by atoms with Crippen molar-refractivity contribution in [2.24, 2.45) is 5.92 Å². The van der Waals surface area contributed by atoms with Gasteiger partial charge in [0.2, 0.25) is 0 Å². The van der Waals surface area contributed by atoms with E-state index in [9.17, 15) is 0 Å². The molecule has 1 N–H and O–H groups in total. The molecular formula is C19H31N. The van der Waals surface area contributed by atoms with Gasteiger partial charge in [0.1, 0.15) is 0 Å². The van der Waals surface area contributed by atoms with Crippen LogP contribution in [0.15, 0.2) is 18.2 Å². The van der Waals surface area contributed by atoms with Gasteiger partial charge < -0.3 is 5.32 Å². The average molecular weight is 273 g/mol. The van der Waals surface area contributed by atoms with E-state index in [1.165, 1.54) is 44.1 Å². The Morgan fingerprint density at radius 1 is 1.05 bits per heavy atom. The molecule has 0 aromatic heterocycles. The summed E-state index contributed by atoms with van der Waals surface area (Å²) in [5.74, 6) is 0.813. The molecule has 2 rings (SSSR count). The van der Waals surface area contributed by atoms with Crippen LogP contribution in [0.25, 0.3) is 0 Å². The lowest BCUT2D eigenvalue weighted by molar-refractivity contribution is 0.385. The van der Waals surface area contributed by atoms with E-state index in [1.807, 2.05) is 0 Å². The molecule has 20 heavy (non-hydrogen) atoms. The Bertz CT molecular complexity index is 424. The van der Waals surface area contributed by atoms with E-state index in [-0.39, 0.29) is 0 Å². The fourth-order valence-corrected chi connectivity index (χ4v) is 3.38. The van der Waals surface area contributed by atoms with Gasteiger partial charge in [-0.05, 0) is 68.6 Å². The molecule has 0 heterocycles. The van der Waals surface area contributed by atoms with Crippen LogP contribution >= 0.6 is 0 Å². The molecule has 3 atom stereocenters. The van der Waals surface area contributed by atoms with Crippen molar-refractivity contribution in [3.63, 3.8) is 0 Å². The van der Waals surface area contributed by atoms with E-state index in [2.05, 4.69) is 51.2 Å². The van der Waals surface area contributed by atoms with Crippen LogP contribution in [0.1, 0.15) is 76.1 Å². The molecule has 0 amide bonds. The van der Waals surface area contributed by atoms with Crippen molar-refractivity contribution in [2.75, 3.05) is 0 Å². The highest BCUT2D eigenvalue weighted by Crippen LogP contribution is 2.25. The van der Waals surface area contributed by atoms with E-state index < -0.39 is 0 Å². The molecule has 0 bridgehead atoms. The molecule has 3 unspecified atom stereocenters. The number of aryl methyl sites for hydroxylation is 2. The Labute approximate surface area is 125 Å². The third kappa shape index (κ3) is 4.09. The largest absolute Gasteiger partial charge is 0.308 e. The van der Waals surface area contributed by atoms with Crippen LogP contribution in [0.2, 0.25) is 0 Å². The highest BCUT2D eigenvalue weighted by atomic mass is 14.9. The van der Waals surface area contributed by atoms with Crippen LogP contribution in [-0.2, 0) is 12.8 Å². The van der Waals surface area contributed by atoms with Gasteiger partial charge in [0, 0.05) is 12.1 Å². The summed E-state index contributed by atoms with van der Waals surface area (Å²) in [6.07, 6.45) is 7.83. The molecule has 0 saturated carbocycles. The SMILES string of the molecule is CCC(C)CC(C)NC(C)c1ccc2c(c1)CCCC2. The summed E-state index contributed by atoms with van der Waals surface area (Å²) in [6, 6.07) is 8.19. The van der Waals surface area contributed by atoms with Crippen molar-refractivity contribution in [1.29, 1.82) is 0 Å². The van der Waals surface area contributed by atoms with Gasteiger partial charge in [-0.15, -0.1) is 0 Å². The maximum atomic E-state index is 3.77.